The number of nitrogens with two attached hydrogens (primary N) is 1. The minimum Gasteiger partial charge on any atom is -0.475 e. The minimum absolute atomic E-state index is 0.0707. The van der Waals surface area contributed by atoms with Gasteiger partial charge in [-0.1, -0.05) is 6.07 Å². The second-order valence-corrected chi connectivity index (χ2v) is 9.42. The number of carboxylic acids is 1. The molecule has 0 aliphatic carbocycles. The molecule has 0 saturated heterocycles. The predicted octanol–water partition coefficient (Wildman–Crippen LogP) is 2.70. The van der Waals surface area contributed by atoms with E-state index in [2.05, 4.69) is 19.7 Å². The topological polar surface area (TPSA) is 168 Å². The number of anilines is 1. The van der Waals surface area contributed by atoms with Crippen molar-refractivity contribution >= 4 is 21.8 Å². The van der Waals surface area contributed by atoms with Gasteiger partial charge in [0.25, 0.3) is 0 Å². The van der Waals surface area contributed by atoms with Crippen LogP contribution < -0.4 is 10.5 Å². The highest BCUT2D eigenvalue weighted by Crippen LogP contribution is 2.29. The highest BCUT2D eigenvalue weighted by Gasteiger charge is 2.38. The number of halogens is 3. The Morgan fingerprint density at radius 3 is 2.36 bits per heavy atom. The molecule has 1 atom stereocenters. The maximum absolute atomic E-state index is 12.5. The van der Waals surface area contributed by atoms with Crippen molar-refractivity contribution in [3.8, 4) is 22.5 Å². The molecule has 1 aromatic carbocycles. The molecule has 3 rings (SSSR count). The average Bonchev–Trinajstić information content (AvgIpc) is 2.78. The number of carbonyl (C=O) groups is 1. The molecule has 0 aliphatic heterocycles. The quantitative estimate of drug-likeness (QED) is 0.377. The van der Waals surface area contributed by atoms with Crippen LogP contribution >= 0.6 is 0 Å². The van der Waals surface area contributed by atoms with Gasteiger partial charge in [0.05, 0.1) is 22.9 Å². The van der Waals surface area contributed by atoms with Gasteiger partial charge in [0, 0.05) is 29.6 Å². The lowest BCUT2D eigenvalue weighted by Gasteiger charge is -2.13. The molecule has 0 saturated carbocycles. The van der Waals surface area contributed by atoms with Gasteiger partial charge in [-0.15, -0.1) is 0 Å². The molecular formula is C22H24F3N5O5S. The van der Waals surface area contributed by atoms with Crippen LogP contribution in [-0.4, -0.2) is 58.4 Å². The van der Waals surface area contributed by atoms with Crippen LogP contribution in [0.1, 0.15) is 18.2 Å². The van der Waals surface area contributed by atoms with E-state index in [1.165, 1.54) is 19.2 Å². The van der Waals surface area contributed by atoms with Crippen molar-refractivity contribution in [1.82, 2.24) is 19.7 Å². The monoisotopic (exact) mass is 527 g/mol. The fraction of sp³-hybridized carbons (Fsp3) is 0.273. The van der Waals surface area contributed by atoms with Gasteiger partial charge in [-0.25, -0.2) is 27.9 Å². The first-order chi connectivity index (χ1) is 16.6. The summed E-state index contributed by atoms with van der Waals surface area (Å²) < 4.78 is 59.2. The fourth-order valence-electron chi connectivity index (χ4n) is 2.79. The number of aliphatic hydroxyl groups is 1. The molecule has 0 radical (unpaired) electrons. The highest BCUT2D eigenvalue weighted by atomic mass is 32.2. The number of benzene rings is 1. The summed E-state index contributed by atoms with van der Waals surface area (Å²) in [4.78, 5) is 22.0. The average molecular weight is 528 g/mol. The summed E-state index contributed by atoms with van der Waals surface area (Å²) in [6.45, 7) is 5.17. The van der Waals surface area contributed by atoms with Gasteiger partial charge in [0.2, 0.25) is 10.0 Å². The number of aliphatic carboxylic acids is 1. The van der Waals surface area contributed by atoms with E-state index in [4.69, 9.17) is 15.6 Å². The molecule has 2 aromatic heterocycles. The summed E-state index contributed by atoms with van der Waals surface area (Å²) in [5, 5.41) is 16.5. The Morgan fingerprint density at radius 2 is 1.81 bits per heavy atom. The van der Waals surface area contributed by atoms with Crippen LogP contribution in [0, 0.1) is 13.8 Å². The number of hydrogen-bond donors (Lipinski definition) is 4. The molecule has 3 aromatic rings. The lowest BCUT2D eigenvalue weighted by atomic mass is 10.1. The van der Waals surface area contributed by atoms with Crippen LogP contribution in [0.25, 0.3) is 22.5 Å². The minimum atomic E-state index is -5.08. The van der Waals surface area contributed by atoms with Crippen molar-refractivity contribution in [3.63, 3.8) is 0 Å². The molecule has 2 heterocycles. The Hall–Kier alpha value is -3.62. The van der Waals surface area contributed by atoms with E-state index in [0.717, 1.165) is 16.8 Å². The van der Waals surface area contributed by atoms with E-state index >= 15 is 0 Å². The van der Waals surface area contributed by atoms with Gasteiger partial charge in [-0.05, 0) is 50.6 Å². The summed E-state index contributed by atoms with van der Waals surface area (Å²) in [5.74, 6) is -2.48. The number of aryl methyl sites for hydroxylation is 2. The number of aliphatic hydroxyl groups excluding tert-OH is 1. The molecule has 0 spiro atoms. The normalized spacial score (nSPS) is 12.4. The van der Waals surface area contributed by atoms with Crippen LogP contribution in [-0.2, 0) is 14.8 Å². The van der Waals surface area contributed by atoms with Gasteiger partial charge >= 0.3 is 12.1 Å². The smallest absolute Gasteiger partial charge is 0.475 e. The number of nitrogen functional groups attached to an aromatic ring is 1. The maximum Gasteiger partial charge on any atom is 0.490 e. The van der Waals surface area contributed by atoms with Gasteiger partial charge < -0.3 is 15.9 Å². The number of carboxylic acid groups (broad SMARTS) is 1. The zero-order chi connectivity index (χ0) is 27.3. The van der Waals surface area contributed by atoms with Crippen LogP contribution in [0.5, 0.6) is 0 Å². The molecule has 0 unspecified atom stereocenters. The molecule has 5 N–H and O–H groups in total. The van der Waals surface area contributed by atoms with E-state index in [1.807, 2.05) is 19.9 Å². The number of aromatic nitrogens is 3. The largest absolute Gasteiger partial charge is 0.490 e. The first kappa shape index (κ1) is 28.6. The van der Waals surface area contributed by atoms with Crippen LogP contribution in [0.2, 0.25) is 0 Å². The van der Waals surface area contributed by atoms with Crippen LogP contribution in [0.4, 0.5) is 19.0 Å². The third kappa shape index (κ3) is 7.69. The first-order valence-corrected chi connectivity index (χ1v) is 11.7. The van der Waals surface area contributed by atoms with E-state index < -0.39 is 28.3 Å². The molecule has 0 amide bonds. The van der Waals surface area contributed by atoms with Gasteiger partial charge in [-0.3, -0.25) is 4.98 Å². The zero-order valence-electron chi connectivity index (χ0n) is 19.4. The molecule has 194 valence electrons. The summed E-state index contributed by atoms with van der Waals surface area (Å²) in [6.07, 6.45) is -2.68. The van der Waals surface area contributed by atoms with Crippen molar-refractivity contribution in [2.45, 2.75) is 37.9 Å². The summed E-state index contributed by atoms with van der Waals surface area (Å²) in [6, 6.07) is 8.42. The van der Waals surface area contributed by atoms with Gasteiger partial charge in [-0.2, -0.15) is 13.2 Å². The highest BCUT2D eigenvalue weighted by molar-refractivity contribution is 7.89. The standard InChI is InChI=1S/C20H23N5O3S.C2HF3O2/c1-12-4-5-16(29(27,28)24-10-14(3)26)9-17(12)18-11-23-20(21)19(25-18)15-6-7-22-13(2)8-15;3-2(4,5)1(6)7/h4-9,11,14,24,26H,10H2,1-3H3,(H2,21,23);(H,6,7)/t14-;/m1./s1. The maximum atomic E-state index is 12.5. The molecular weight excluding hydrogens is 503 g/mol. The number of nitrogens with zero attached hydrogens (tertiary/aromatic N) is 3. The Labute approximate surface area is 205 Å². The second-order valence-electron chi connectivity index (χ2n) is 7.66. The Bertz CT molecular complexity index is 1350. The number of pyridine rings is 1. The van der Waals surface area contributed by atoms with E-state index in [0.29, 0.717) is 17.0 Å². The molecule has 0 fully saturated rings. The summed E-state index contributed by atoms with van der Waals surface area (Å²) in [7, 11) is -3.77. The van der Waals surface area contributed by atoms with Crippen molar-refractivity contribution < 1.29 is 36.6 Å². The number of nitrogens with one attached hydrogen (secondary N) is 1. The second kappa shape index (κ2) is 11.4. The van der Waals surface area contributed by atoms with E-state index in [9.17, 15) is 26.7 Å². The predicted molar refractivity (Wildman–Crippen MR) is 125 cm³/mol. The molecule has 0 aliphatic rings. The number of sulfonamides is 1. The van der Waals surface area contributed by atoms with Crippen LogP contribution in [0.3, 0.4) is 0 Å². The number of alkyl halides is 3. The molecule has 36 heavy (non-hydrogen) atoms. The van der Waals surface area contributed by atoms with Crippen molar-refractivity contribution in [3.05, 3.63) is 54.0 Å². The number of hydrogen-bond acceptors (Lipinski definition) is 8. The Kier molecular flexibility index (Phi) is 9.07. The summed E-state index contributed by atoms with van der Waals surface area (Å²) in [5.41, 5.74) is 10.1. The lowest BCUT2D eigenvalue weighted by Crippen LogP contribution is -2.30. The van der Waals surface area contributed by atoms with Crippen molar-refractivity contribution in [2.75, 3.05) is 12.3 Å². The number of rotatable bonds is 6. The SMILES string of the molecule is Cc1cc(-c2nc(-c3cc(S(=O)(=O)NC[C@@H](C)O)ccc3C)cnc2N)ccn1.O=C(O)C(F)(F)F. The van der Waals surface area contributed by atoms with Crippen molar-refractivity contribution in [1.29, 1.82) is 0 Å². The molecule has 14 heteroatoms. The fourth-order valence-corrected chi connectivity index (χ4v) is 3.94. The zero-order valence-corrected chi connectivity index (χ0v) is 20.2. The van der Waals surface area contributed by atoms with Gasteiger partial charge in [0.1, 0.15) is 11.5 Å². The summed E-state index contributed by atoms with van der Waals surface area (Å²) >= 11 is 0. The Balaban J connectivity index is 0.000000572. The van der Waals surface area contributed by atoms with Gasteiger partial charge in [0.15, 0.2) is 0 Å². The molecule has 10 nitrogen and oxygen atoms in total. The third-order valence-corrected chi connectivity index (χ3v) is 6.00. The van der Waals surface area contributed by atoms with E-state index in [-0.39, 0.29) is 17.3 Å². The first-order valence-electron chi connectivity index (χ1n) is 10.3. The van der Waals surface area contributed by atoms with E-state index in [1.54, 1.807) is 24.4 Å². The Morgan fingerprint density at radius 1 is 1.17 bits per heavy atom. The lowest BCUT2D eigenvalue weighted by molar-refractivity contribution is -0.192. The molecule has 0 bridgehead atoms. The van der Waals surface area contributed by atoms with Crippen LogP contribution in [0.15, 0.2) is 47.6 Å². The van der Waals surface area contributed by atoms with Crippen molar-refractivity contribution in [2.24, 2.45) is 0 Å². The third-order valence-electron chi connectivity index (χ3n) is 4.58.